The van der Waals surface area contributed by atoms with Crippen LogP contribution in [0.4, 0.5) is 15.9 Å². The molecule has 0 saturated carbocycles. The van der Waals surface area contributed by atoms with E-state index in [-0.39, 0.29) is 11.7 Å². The number of carbonyl (C=O) groups is 1. The number of halogens is 1. The Labute approximate surface area is 123 Å². The second-order valence-electron chi connectivity index (χ2n) is 4.49. The second kappa shape index (κ2) is 6.83. The van der Waals surface area contributed by atoms with Gasteiger partial charge in [-0.05, 0) is 50.2 Å². The van der Waals surface area contributed by atoms with Crippen LogP contribution in [0.25, 0.3) is 0 Å². The lowest BCUT2D eigenvalue weighted by atomic mass is 10.2. The van der Waals surface area contributed by atoms with Crippen LogP contribution in [-0.2, 0) is 0 Å². The summed E-state index contributed by atoms with van der Waals surface area (Å²) in [4.78, 5) is 18.3. The highest BCUT2D eigenvalue weighted by Gasteiger charge is 2.16. The summed E-state index contributed by atoms with van der Waals surface area (Å²) < 4.78 is 13.0. The van der Waals surface area contributed by atoms with Gasteiger partial charge in [-0.25, -0.2) is 9.37 Å². The number of aromatic nitrogens is 1. The van der Waals surface area contributed by atoms with Crippen molar-refractivity contribution < 1.29 is 9.18 Å². The first-order chi connectivity index (χ1) is 10.2. The number of carbonyl (C=O) groups excluding carboxylic acids is 1. The Bertz CT molecular complexity index is 613. The van der Waals surface area contributed by atoms with Crippen LogP contribution in [0.15, 0.2) is 42.6 Å². The highest BCUT2D eigenvalue weighted by molar-refractivity contribution is 6.06. The number of rotatable bonds is 5. The molecule has 0 fully saturated rings. The Morgan fingerprint density at radius 2 is 1.95 bits per heavy atom. The molecule has 0 aliphatic rings. The topological polar surface area (TPSA) is 45.2 Å². The molecule has 0 aliphatic carbocycles. The molecule has 0 radical (unpaired) electrons. The third kappa shape index (κ3) is 3.56. The molecule has 21 heavy (non-hydrogen) atoms. The first kappa shape index (κ1) is 15.0. The molecule has 2 aromatic rings. The molecule has 0 spiro atoms. The van der Waals surface area contributed by atoms with Crippen LogP contribution >= 0.6 is 0 Å². The van der Waals surface area contributed by atoms with Crippen LogP contribution in [0.5, 0.6) is 0 Å². The number of nitrogens with one attached hydrogen (secondary N) is 1. The SMILES string of the molecule is CCNc1cc(C(=O)N(CC)c2ccc(F)cc2)ccn1. The number of benzene rings is 1. The van der Waals surface area contributed by atoms with E-state index >= 15 is 0 Å². The fourth-order valence-electron chi connectivity index (χ4n) is 2.06. The van der Waals surface area contributed by atoms with Crippen LogP contribution in [-0.4, -0.2) is 24.0 Å². The largest absolute Gasteiger partial charge is 0.370 e. The van der Waals surface area contributed by atoms with E-state index in [1.807, 2.05) is 13.8 Å². The van der Waals surface area contributed by atoms with Crippen LogP contribution in [0.3, 0.4) is 0 Å². The molecule has 110 valence electrons. The van der Waals surface area contributed by atoms with E-state index in [1.54, 1.807) is 35.4 Å². The quantitative estimate of drug-likeness (QED) is 0.917. The Morgan fingerprint density at radius 1 is 1.24 bits per heavy atom. The zero-order valence-corrected chi connectivity index (χ0v) is 12.1. The maximum Gasteiger partial charge on any atom is 0.258 e. The van der Waals surface area contributed by atoms with E-state index in [0.29, 0.717) is 23.6 Å². The van der Waals surface area contributed by atoms with E-state index in [4.69, 9.17) is 0 Å². The van der Waals surface area contributed by atoms with Gasteiger partial charge < -0.3 is 10.2 Å². The molecule has 1 N–H and O–H groups in total. The van der Waals surface area contributed by atoms with Gasteiger partial charge in [-0.15, -0.1) is 0 Å². The summed E-state index contributed by atoms with van der Waals surface area (Å²) in [5.41, 5.74) is 1.22. The van der Waals surface area contributed by atoms with Crippen molar-refractivity contribution >= 4 is 17.4 Å². The molecule has 1 aromatic carbocycles. The minimum absolute atomic E-state index is 0.134. The van der Waals surface area contributed by atoms with Gasteiger partial charge in [0.25, 0.3) is 5.91 Å². The van der Waals surface area contributed by atoms with Gasteiger partial charge in [0.1, 0.15) is 11.6 Å². The van der Waals surface area contributed by atoms with Gasteiger partial charge in [0.05, 0.1) is 0 Å². The van der Waals surface area contributed by atoms with Crippen molar-refractivity contribution in [2.24, 2.45) is 0 Å². The molecule has 5 heteroatoms. The average Bonchev–Trinajstić information content (AvgIpc) is 2.50. The van der Waals surface area contributed by atoms with Crippen molar-refractivity contribution in [2.75, 3.05) is 23.3 Å². The van der Waals surface area contributed by atoms with E-state index < -0.39 is 0 Å². The fourth-order valence-corrected chi connectivity index (χ4v) is 2.06. The van der Waals surface area contributed by atoms with E-state index in [0.717, 1.165) is 6.54 Å². The van der Waals surface area contributed by atoms with Crippen molar-refractivity contribution in [2.45, 2.75) is 13.8 Å². The first-order valence-electron chi connectivity index (χ1n) is 6.93. The van der Waals surface area contributed by atoms with Gasteiger partial charge in [0, 0.05) is 30.5 Å². The molecule has 1 heterocycles. The smallest absolute Gasteiger partial charge is 0.258 e. The number of pyridine rings is 1. The van der Waals surface area contributed by atoms with E-state index in [2.05, 4.69) is 10.3 Å². The maximum absolute atomic E-state index is 13.0. The minimum Gasteiger partial charge on any atom is -0.370 e. The van der Waals surface area contributed by atoms with Crippen LogP contribution in [0.1, 0.15) is 24.2 Å². The molecular weight excluding hydrogens is 269 g/mol. The lowest BCUT2D eigenvalue weighted by molar-refractivity contribution is 0.0988. The highest BCUT2D eigenvalue weighted by atomic mass is 19.1. The Morgan fingerprint density at radius 3 is 2.57 bits per heavy atom. The second-order valence-corrected chi connectivity index (χ2v) is 4.49. The minimum atomic E-state index is -0.319. The zero-order chi connectivity index (χ0) is 15.2. The van der Waals surface area contributed by atoms with Gasteiger partial charge in [-0.2, -0.15) is 0 Å². The zero-order valence-electron chi connectivity index (χ0n) is 12.1. The summed E-state index contributed by atoms with van der Waals surface area (Å²) in [5, 5.41) is 3.08. The lowest BCUT2D eigenvalue weighted by Gasteiger charge is -2.21. The van der Waals surface area contributed by atoms with Gasteiger partial charge in [-0.1, -0.05) is 0 Å². The normalized spacial score (nSPS) is 10.2. The third-order valence-corrected chi connectivity index (χ3v) is 3.06. The van der Waals surface area contributed by atoms with Crippen LogP contribution in [0, 0.1) is 5.82 Å². The molecule has 2 rings (SSSR count). The molecule has 0 saturated heterocycles. The van der Waals surface area contributed by atoms with E-state index in [9.17, 15) is 9.18 Å². The number of hydrogen-bond acceptors (Lipinski definition) is 3. The van der Waals surface area contributed by atoms with Crippen molar-refractivity contribution in [3.63, 3.8) is 0 Å². The number of nitrogens with zero attached hydrogens (tertiary/aromatic N) is 2. The molecule has 0 atom stereocenters. The van der Waals surface area contributed by atoms with Crippen LogP contribution < -0.4 is 10.2 Å². The summed E-state index contributed by atoms with van der Waals surface area (Å²) >= 11 is 0. The van der Waals surface area contributed by atoms with Gasteiger partial charge in [0.15, 0.2) is 0 Å². The summed E-state index contributed by atoms with van der Waals surface area (Å²) in [7, 11) is 0. The monoisotopic (exact) mass is 287 g/mol. The number of hydrogen-bond donors (Lipinski definition) is 1. The number of anilines is 2. The third-order valence-electron chi connectivity index (χ3n) is 3.06. The molecule has 1 aromatic heterocycles. The fraction of sp³-hybridized carbons (Fsp3) is 0.250. The molecule has 0 unspecified atom stereocenters. The van der Waals surface area contributed by atoms with Gasteiger partial charge >= 0.3 is 0 Å². The highest BCUT2D eigenvalue weighted by Crippen LogP contribution is 2.18. The summed E-state index contributed by atoms with van der Waals surface area (Å²) in [6.07, 6.45) is 1.60. The van der Waals surface area contributed by atoms with E-state index in [1.165, 1.54) is 12.1 Å². The van der Waals surface area contributed by atoms with Gasteiger partial charge in [-0.3, -0.25) is 4.79 Å². The predicted molar refractivity (Wildman–Crippen MR) is 82.2 cm³/mol. The summed E-state index contributed by atoms with van der Waals surface area (Å²) in [5.74, 6) is 0.213. The predicted octanol–water partition coefficient (Wildman–Crippen LogP) is 3.32. The standard InChI is InChI=1S/C16H18FN3O/c1-3-18-15-11-12(9-10-19-15)16(21)20(4-2)14-7-5-13(17)6-8-14/h5-11H,3-4H2,1-2H3,(H,18,19). The molecule has 0 bridgehead atoms. The maximum atomic E-state index is 13.0. The van der Waals surface area contributed by atoms with Crippen molar-refractivity contribution in [1.29, 1.82) is 0 Å². The van der Waals surface area contributed by atoms with Crippen LogP contribution in [0.2, 0.25) is 0 Å². The summed E-state index contributed by atoms with van der Waals surface area (Å²) in [6.45, 7) is 5.09. The first-order valence-corrected chi connectivity index (χ1v) is 6.93. The van der Waals surface area contributed by atoms with Crippen molar-refractivity contribution in [3.05, 3.63) is 54.0 Å². The Hall–Kier alpha value is -2.43. The van der Waals surface area contributed by atoms with Crippen molar-refractivity contribution in [3.8, 4) is 0 Å². The Kier molecular flexibility index (Phi) is 4.87. The average molecular weight is 287 g/mol. The van der Waals surface area contributed by atoms with Gasteiger partial charge in [0.2, 0.25) is 0 Å². The Balaban J connectivity index is 2.27. The molecule has 0 aliphatic heterocycles. The lowest BCUT2D eigenvalue weighted by Crippen LogP contribution is -2.30. The number of amides is 1. The molecule has 1 amide bonds. The molecular formula is C16H18FN3O. The molecule has 4 nitrogen and oxygen atoms in total. The summed E-state index contributed by atoms with van der Waals surface area (Å²) in [6, 6.07) is 9.30. The van der Waals surface area contributed by atoms with Crippen molar-refractivity contribution in [1.82, 2.24) is 4.98 Å².